The molecule has 0 atom stereocenters. The van der Waals surface area contributed by atoms with Crippen molar-refractivity contribution < 1.29 is 68.4 Å². The van der Waals surface area contributed by atoms with E-state index < -0.39 is 48.0 Å². The first-order chi connectivity index (χ1) is 42.0. The second-order valence-corrected chi connectivity index (χ2v) is 24.4. The van der Waals surface area contributed by atoms with Crippen LogP contribution in [0.5, 0.6) is 17.2 Å². The van der Waals surface area contributed by atoms with Gasteiger partial charge in [-0.05, 0) is 91.0 Å². The van der Waals surface area contributed by atoms with E-state index in [2.05, 4.69) is 48.6 Å². The van der Waals surface area contributed by atoms with Crippen molar-refractivity contribution in [2.75, 3.05) is 49.7 Å². The Morgan fingerprint density at radius 3 is 1.08 bits per heavy atom. The number of fused-ring (bicyclic) bond motifs is 3. The number of carbonyl (C=O) groups excluding carboxylic acids is 2. The Morgan fingerprint density at radius 1 is 0.438 bits per heavy atom. The molecule has 0 spiro atoms. The Kier molecular flexibility index (Phi) is 21.0. The predicted molar refractivity (Wildman–Crippen MR) is 337 cm³/mol. The molecule has 34 heteroatoms. The van der Waals surface area contributed by atoms with E-state index >= 15 is 0 Å². The van der Waals surface area contributed by atoms with E-state index in [4.69, 9.17) is 88.7 Å². The van der Waals surface area contributed by atoms with Crippen LogP contribution in [-0.4, -0.2) is 111 Å². The number of rotatable bonds is 17. The standard InChI is InChI=1S/C19H18ClN5O5S.C18H14Cl2N2O5S.C18H16ClN5O5S/c1-29-16-6-3-10(18(26)30-2)7-15(16)25-31(27,28)11-4-5-12-13(8-11)17(24-19(21)22)23-9-14(12)20;1-26-16-6-3-10(18(23)27-2)7-15(16)22-28(24,25)11-4-5-12-13(8-11)17(20)21-9-14(12)19;1-29-15-5-2-9(17(25)26)6-14(15)24-30(27,28)10-3-4-11-12(7-10)16(23-18(20)21)22-8-13(11)19/h3-9,25H,1-2H3,(H4,21,22,23,24);3-9,22H,1-2H3;2-8,24H,1H3,(H,25,26)(H4,20,21,22,23). The number of pyridine rings is 3. The van der Waals surface area contributed by atoms with Crippen LogP contribution in [0.4, 0.5) is 28.7 Å². The lowest BCUT2D eigenvalue weighted by atomic mass is 10.1. The number of nitrogens with two attached hydrogens (primary N) is 4. The van der Waals surface area contributed by atoms with E-state index in [9.17, 15) is 39.6 Å². The second kappa shape index (κ2) is 28.0. The number of nitrogens with one attached hydrogen (secondary N) is 3. The van der Waals surface area contributed by atoms with E-state index in [1.54, 1.807) is 6.07 Å². The number of anilines is 3. The van der Waals surface area contributed by atoms with Crippen LogP contribution in [0.2, 0.25) is 20.2 Å². The summed E-state index contributed by atoms with van der Waals surface area (Å²) in [5.41, 5.74) is 22.0. The number of aromatic nitrogens is 3. The molecule has 3 heterocycles. The number of carbonyl (C=O) groups is 3. The van der Waals surface area contributed by atoms with Gasteiger partial charge in [0.2, 0.25) is 0 Å². The van der Waals surface area contributed by atoms with Gasteiger partial charge in [0.25, 0.3) is 30.1 Å². The second-order valence-electron chi connectivity index (χ2n) is 17.8. The third kappa shape index (κ3) is 15.7. The average Bonchev–Trinajstić information content (AvgIpc) is 2.49. The summed E-state index contributed by atoms with van der Waals surface area (Å²) in [5, 5.41) is 12.9. The van der Waals surface area contributed by atoms with E-state index in [1.165, 1.54) is 151 Å². The normalized spacial score (nSPS) is 11.2. The van der Waals surface area contributed by atoms with Crippen LogP contribution in [-0.2, 0) is 39.5 Å². The summed E-state index contributed by atoms with van der Waals surface area (Å²) >= 11 is 24.5. The Bertz CT molecular complexity index is 4710. The number of sulfonamides is 3. The molecule has 0 aliphatic carbocycles. The van der Waals surface area contributed by atoms with Crippen molar-refractivity contribution in [1.82, 2.24) is 15.0 Å². The maximum atomic E-state index is 13.1. The number of aliphatic imine (C=N–C) groups is 2. The van der Waals surface area contributed by atoms with Gasteiger partial charge in [-0.1, -0.05) is 64.6 Å². The monoisotopic (exact) mass is 1350 g/mol. The van der Waals surface area contributed by atoms with Crippen molar-refractivity contribution in [2.24, 2.45) is 32.9 Å². The van der Waals surface area contributed by atoms with Gasteiger partial charge in [0, 0.05) is 50.9 Å². The van der Waals surface area contributed by atoms with Crippen LogP contribution < -0.4 is 51.3 Å². The van der Waals surface area contributed by atoms with Gasteiger partial charge in [0.05, 0.1) is 99.1 Å². The number of guanidine groups is 2. The predicted octanol–water partition coefficient (Wildman–Crippen LogP) is 8.83. The fraction of sp³-hybridized carbons (Fsp3) is 0.0909. The Morgan fingerprint density at radius 2 is 0.753 bits per heavy atom. The van der Waals surface area contributed by atoms with Gasteiger partial charge >= 0.3 is 17.9 Å². The number of hydrogen-bond donors (Lipinski definition) is 8. The first-order valence-electron chi connectivity index (χ1n) is 24.7. The van der Waals surface area contributed by atoms with Crippen LogP contribution in [0.3, 0.4) is 0 Å². The fourth-order valence-electron chi connectivity index (χ4n) is 8.02. The van der Waals surface area contributed by atoms with E-state index in [1.807, 2.05) is 0 Å². The number of nitrogens with zero attached hydrogens (tertiary/aromatic N) is 5. The first kappa shape index (κ1) is 66.8. The quantitative estimate of drug-likeness (QED) is 0.0182. The lowest BCUT2D eigenvalue weighted by Crippen LogP contribution is -2.22. The number of halogens is 4. The number of aromatic carboxylic acids is 1. The van der Waals surface area contributed by atoms with E-state index in [0.717, 1.165) is 6.07 Å². The van der Waals surface area contributed by atoms with Crippen molar-refractivity contribution >= 4 is 167 Å². The Balaban J connectivity index is 0.000000190. The lowest BCUT2D eigenvalue weighted by Gasteiger charge is -2.14. The summed E-state index contributed by atoms with van der Waals surface area (Å²) in [5.74, 6) is -2.15. The molecule has 0 bridgehead atoms. The molecule has 0 amide bonds. The molecule has 0 fully saturated rings. The van der Waals surface area contributed by atoms with Crippen molar-refractivity contribution in [3.63, 3.8) is 0 Å². The molecule has 0 aliphatic rings. The maximum Gasteiger partial charge on any atom is 0.337 e. The lowest BCUT2D eigenvalue weighted by molar-refractivity contribution is 0.0592. The zero-order valence-corrected chi connectivity index (χ0v) is 52.0. The van der Waals surface area contributed by atoms with Gasteiger partial charge in [-0.15, -0.1) is 0 Å². The van der Waals surface area contributed by atoms with Gasteiger partial charge in [0.1, 0.15) is 22.4 Å². The molecule has 9 rings (SSSR count). The fourth-order valence-corrected chi connectivity index (χ4v) is 12.1. The largest absolute Gasteiger partial charge is 0.495 e. The minimum Gasteiger partial charge on any atom is -0.495 e. The molecule has 27 nitrogen and oxygen atoms in total. The van der Waals surface area contributed by atoms with Crippen molar-refractivity contribution in [1.29, 1.82) is 0 Å². The van der Waals surface area contributed by atoms with Crippen LogP contribution in [0.1, 0.15) is 31.1 Å². The molecular weight excluding hydrogens is 1310 g/mol. The third-order valence-electron chi connectivity index (χ3n) is 12.2. The van der Waals surface area contributed by atoms with Crippen LogP contribution in [0.15, 0.2) is 152 Å². The van der Waals surface area contributed by atoms with Gasteiger partial charge in [-0.2, -0.15) is 9.98 Å². The molecule has 89 heavy (non-hydrogen) atoms. The number of carboxylic acid groups (broad SMARTS) is 1. The van der Waals surface area contributed by atoms with Gasteiger partial charge in [-0.25, -0.2) is 54.6 Å². The highest BCUT2D eigenvalue weighted by Crippen LogP contribution is 2.37. The SMILES string of the molecule is COC(=O)c1ccc(OC)c(NS(=O)(=O)c2ccc3c(Cl)cnc(Cl)c3c2)c1.COC(=O)c1ccc(OC)c(NS(=O)(=O)c2ccc3c(Cl)cnc(N=C(N)N)c3c2)c1.COc1ccc(C(=O)O)cc1NS(=O)(=O)c1ccc2c(Cl)cnc(N=C(N)N)c2c1. The molecule has 0 saturated heterocycles. The zero-order chi connectivity index (χ0) is 65.3. The molecule has 12 N–H and O–H groups in total. The van der Waals surface area contributed by atoms with Crippen molar-refractivity contribution in [3.8, 4) is 17.2 Å². The summed E-state index contributed by atoms with van der Waals surface area (Å²) in [7, 11) is -5.74. The Labute approximate surface area is 526 Å². The molecule has 6 aromatic carbocycles. The molecule has 0 saturated carbocycles. The number of carboxylic acids is 1. The van der Waals surface area contributed by atoms with Crippen LogP contribution >= 0.6 is 46.4 Å². The summed E-state index contributed by atoms with van der Waals surface area (Å²) in [6.45, 7) is 0. The van der Waals surface area contributed by atoms with Crippen molar-refractivity contribution in [2.45, 2.75) is 14.7 Å². The summed E-state index contributed by atoms with van der Waals surface area (Å²) in [6.07, 6.45) is 4.10. The number of benzene rings is 6. The molecule has 0 aliphatic heterocycles. The summed E-state index contributed by atoms with van der Waals surface area (Å²) in [6, 6.07) is 24.9. The zero-order valence-electron chi connectivity index (χ0n) is 46.6. The smallest absolute Gasteiger partial charge is 0.337 e. The first-order valence-corrected chi connectivity index (χ1v) is 30.6. The number of ether oxygens (including phenoxy) is 5. The third-order valence-corrected chi connectivity index (χ3v) is 17.5. The van der Waals surface area contributed by atoms with E-state index in [-0.39, 0.29) is 99.4 Å². The molecule has 9 aromatic rings. The maximum absolute atomic E-state index is 13.1. The number of methoxy groups -OCH3 is 5. The van der Waals surface area contributed by atoms with Gasteiger partial charge in [-0.3, -0.25) is 14.2 Å². The number of esters is 2. The van der Waals surface area contributed by atoms with E-state index in [0.29, 0.717) is 42.4 Å². The van der Waals surface area contributed by atoms with Crippen LogP contribution in [0, 0.1) is 0 Å². The summed E-state index contributed by atoms with van der Waals surface area (Å²) < 4.78 is 110. The molecule has 0 unspecified atom stereocenters. The van der Waals surface area contributed by atoms with Crippen LogP contribution in [0.25, 0.3) is 32.3 Å². The Hall–Kier alpha value is -9.69. The highest BCUT2D eigenvalue weighted by molar-refractivity contribution is 7.93. The van der Waals surface area contributed by atoms with Gasteiger partial charge < -0.3 is 51.7 Å². The van der Waals surface area contributed by atoms with Crippen molar-refractivity contribution in [3.05, 3.63) is 165 Å². The molecule has 0 radical (unpaired) electrons. The highest BCUT2D eigenvalue weighted by Gasteiger charge is 2.24. The minimum atomic E-state index is -4.14. The van der Waals surface area contributed by atoms with Gasteiger partial charge in [0.15, 0.2) is 23.6 Å². The molecule has 464 valence electrons. The average molecular weight is 1360 g/mol. The summed E-state index contributed by atoms with van der Waals surface area (Å²) in [4.78, 5) is 54.3. The minimum absolute atomic E-state index is 0.0360. The topological polar surface area (TPSA) is 424 Å². The number of hydrogen-bond acceptors (Lipinski definition) is 19. The highest BCUT2D eigenvalue weighted by atomic mass is 35.5. The molecular formula is C55H48Cl4N12O15S3. The molecule has 3 aromatic heterocycles.